The Bertz CT molecular complexity index is 669. The molecular weight excluding hydrogens is 309 g/mol. The van der Waals surface area contributed by atoms with Gasteiger partial charge in [0.15, 0.2) is 0 Å². The molecule has 21 heavy (non-hydrogen) atoms. The number of benzene rings is 1. The van der Waals surface area contributed by atoms with Crippen LogP contribution in [0.25, 0.3) is 0 Å². The number of anilines is 2. The molecule has 5 nitrogen and oxygen atoms in total. The standard InChI is InChI=1S/C12H10ClF3N4O/c13-8-2-1-7(12(14,15)16)5-9(8)18-11(21)6-20-4-3-10(17)19-20/h1-5H,6H2,(H2,17,19)(H,18,21). The Morgan fingerprint density at radius 3 is 2.67 bits per heavy atom. The smallest absolute Gasteiger partial charge is 0.382 e. The number of carbonyl (C=O) groups excluding carboxylic acids is 1. The topological polar surface area (TPSA) is 72.9 Å². The summed E-state index contributed by atoms with van der Waals surface area (Å²) in [5.74, 6) is -0.334. The zero-order chi connectivity index (χ0) is 15.6. The fraction of sp³-hybridized carbons (Fsp3) is 0.167. The fourth-order valence-electron chi connectivity index (χ4n) is 1.60. The highest BCUT2D eigenvalue weighted by molar-refractivity contribution is 6.33. The summed E-state index contributed by atoms with van der Waals surface area (Å²) in [6.45, 7) is -0.191. The summed E-state index contributed by atoms with van der Waals surface area (Å²) in [5.41, 5.74) is 4.38. The molecule has 0 radical (unpaired) electrons. The molecule has 0 saturated carbocycles. The molecule has 1 aromatic heterocycles. The molecule has 0 spiro atoms. The molecule has 2 rings (SSSR count). The molecule has 1 aromatic carbocycles. The van der Waals surface area contributed by atoms with Gasteiger partial charge >= 0.3 is 6.18 Å². The maximum atomic E-state index is 12.6. The summed E-state index contributed by atoms with van der Waals surface area (Å²) in [5, 5.41) is 6.11. The van der Waals surface area contributed by atoms with Crippen LogP contribution < -0.4 is 11.1 Å². The maximum absolute atomic E-state index is 12.6. The van der Waals surface area contributed by atoms with Crippen molar-refractivity contribution < 1.29 is 18.0 Å². The summed E-state index contributed by atoms with van der Waals surface area (Å²) < 4.78 is 39.1. The van der Waals surface area contributed by atoms with Crippen LogP contribution in [0.3, 0.4) is 0 Å². The third kappa shape index (κ3) is 3.88. The molecule has 1 heterocycles. The highest BCUT2D eigenvalue weighted by Gasteiger charge is 2.31. The third-order valence-corrected chi connectivity index (χ3v) is 2.86. The van der Waals surface area contributed by atoms with Crippen LogP contribution in [-0.4, -0.2) is 15.7 Å². The summed E-state index contributed by atoms with van der Waals surface area (Å²) in [6, 6.07) is 4.18. The van der Waals surface area contributed by atoms with E-state index in [9.17, 15) is 18.0 Å². The second kappa shape index (κ2) is 5.65. The van der Waals surface area contributed by atoms with Gasteiger partial charge in [-0.05, 0) is 24.3 Å². The minimum Gasteiger partial charge on any atom is -0.382 e. The zero-order valence-corrected chi connectivity index (χ0v) is 11.2. The lowest BCUT2D eigenvalue weighted by Gasteiger charge is -2.11. The van der Waals surface area contributed by atoms with Crippen LogP contribution in [0.1, 0.15) is 5.56 Å². The summed E-state index contributed by atoms with van der Waals surface area (Å²) >= 11 is 5.77. The average molecular weight is 319 g/mol. The van der Waals surface area contributed by atoms with Crippen LogP contribution in [0.5, 0.6) is 0 Å². The van der Waals surface area contributed by atoms with Crippen molar-refractivity contribution in [2.45, 2.75) is 12.7 Å². The molecule has 1 amide bonds. The summed E-state index contributed by atoms with van der Waals surface area (Å²) in [7, 11) is 0. The number of nitrogens with zero attached hydrogens (tertiary/aromatic N) is 2. The van der Waals surface area contributed by atoms with Crippen molar-refractivity contribution >= 4 is 29.0 Å². The molecule has 0 aliphatic heterocycles. The Labute approximate surface area is 122 Å². The molecular formula is C12H10ClF3N4O. The van der Waals surface area contributed by atoms with Crippen molar-refractivity contribution in [1.82, 2.24) is 9.78 Å². The van der Waals surface area contributed by atoms with E-state index in [2.05, 4.69) is 10.4 Å². The van der Waals surface area contributed by atoms with E-state index in [1.54, 1.807) is 0 Å². The van der Waals surface area contributed by atoms with Crippen LogP contribution >= 0.6 is 11.6 Å². The molecule has 0 unspecified atom stereocenters. The third-order valence-electron chi connectivity index (χ3n) is 2.53. The highest BCUT2D eigenvalue weighted by Crippen LogP contribution is 2.33. The van der Waals surface area contributed by atoms with Gasteiger partial charge in [0.25, 0.3) is 0 Å². The number of nitrogen functional groups attached to an aromatic ring is 1. The molecule has 2 aromatic rings. The van der Waals surface area contributed by atoms with E-state index in [4.69, 9.17) is 17.3 Å². The lowest BCUT2D eigenvalue weighted by molar-refractivity contribution is -0.137. The SMILES string of the molecule is Nc1ccn(CC(=O)Nc2cc(C(F)(F)F)ccc2Cl)n1. The highest BCUT2D eigenvalue weighted by atomic mass is 35.5. The van der Waals surface area contributed by atoms with E-state index < -0.39 is 17.6 Å². The lowest BCUT2D eigenvalue weighted by atomic mass is 10.2. The summed E-state index contributed by atoms with van der Waals surface area (Å²) in [6.07, 6.45) is -3.04. The number of hydrogen-bond donors (Lipinski definition) is 2. The monoisotopic (exact) mass is 318 g/mol. The minimum absolute atomic E-state index is 0.0105. The lowest BCUT2D eigenvalue weighted by Crippen LogP contribution is -2.19. The van der Waals surface area contributed by atoms with Gasteiger partial charge in [0, 0.05) is 6.20 Å². The molecule has 0 saturated heterocycles. The quantitative estimate of drug-likeness (QED) is 0.914. The van der Waals surface area contributed by atoms with Gasteiger partial charge in [0.2, 0.25) is 5.91 Å². The minimum atomic E-state index is -4.51. The number of alkyl halides is 3. The van der Waals surface area contributed by atoms with Crippen molar-refractivity contribution in [2.75, 3.05) is 11.1 Å². The number of hydrogen-bond acceptors (Lipinski definition) is 3. The van der Waals surface area contributed by atoms with E-state index in [0.717, 1.165) is 18.2 Å². The van der Waals surface area contributed by atoms with Crippen LogP contribution in [0.2, 0.25) is 5.02 Å². The van der Waals surface area contributed by atoms with Gasteiger partial charge in [-0.1, -0.05) is 11.6 Å². The number of amides is 1. The predicted molar refractivity (Wildman–Crippen MR) is 71.7 cm³/mol. The van der Waals surface area contributed by atoms with Gasteiger partial charge in [-0.25, -0.2) is 0 Å². The molecule has 0 aliphatic carbocycles. The second-order valence-corrected chi connectivity index (χ2v) is 4.59. The first-order chi connectivity index (χ1) is 9.75. The first kappa shape index (κ1) is 15.2. The molecule has 0 aliphatic rings. The molecule has 3 N–H and O–H groups in total. The Morgan fingerprint density at radius 2 is 2.10 bits per heavy atom. The first-order valence-electron chi connectivity index (χ1n) is 5.71. The molecule has 0 atom stereocenters. The van der Waals surface area contributed by atoms with E-state index >= 15 is 0 Å². The first-order valence-corrected chi connectivity index (χ1v) is 6.09. The van der Waals surface area contributed by atoms with Crippen LogP contribution in [-0.2, 0) is 17.5 Å². The molecule has 0 fully saturated rings. The number of nitrogens with one attached hydrogen (secondary N) is 1. The molecule has 0 bridgehead atoms. The van der Waals surface area contributed by atoms with Gasteiger partial charge in [-0.2, -0.15) is 18.3 Å². The Kier molecular flexibility index (Phi) is 4.08. The molecule has 9 heteroatoms. The number of halogens is 4. The van der Waals surface area contributed by atoms with Crippen molar-refractivity contribution in [1.29, 1.82) is 0 Å². The van der Waals surface area contributed by atoms with Gasteiger partial charge in [0.1, 0.15) is 12.4 Å². The fourth-order valence-corrected chi connectivity index (χ4v) is 1.76. The van der Waals surface area contributed by atoms with Gasteiger partial charge in [-0.3, -0.25) is 9.48 Å². The summed E-state index contributed by atoms with van der Waals surface area (Å²) in [4.78, 5) is 11.8. The Hall–Kier alpha value is -2.22. The number of rotatable bonds is 3. The van der Waals surface area contributed by atoms with Gasteiger partial charge < -0.3 is 11.1 Å². The van der Waals surface area contributed by atoms with Crippen molar-refractivity contribution in [3.63, 3.8) is 0 Å². The Balaban J connectivity index is 2.13. The van der Waals surface area contributed by atoms with E-state index in [1.165, 1.54) is 16.9 Å². The van der Waals surface area contributed by atoms with Crippen LogP contribution in [0.15, 0.2) is 30.5 Å². The van der Waals surface area contributed by atoms with Crippen molar-refractivity contribution in [3.8, 4) is 0 Å². The molecule has 112 valence electrons. The van der Waals surface area contributed by atoms with Crippen LogP contribution in [0, 0.1) is 0 Å². The van der Waals surface area contributed by atoms with Crippen molar-refractivity contribution in [2.24, 2.45) is 0 Å². The predicted octanol–water partition coefficient (Wildman–Crippen LogP) is 2.78. The van der Waals surface area contributed by atoms with E-state index in [0.29, 0.717) is 0 Å². The number of carbonyl (C=O) groups is 1. The van der Waals surface area contributed by atoms with Gasteiger partial charge in [0.05, 0.1) is 16.3 Å². The number of nitrogens with two attached hydrogens (primary N) is 1. The van der Waals surface area contributed by atoms with E-state index in [-0.39, 0.29) is 23.1 Å². The normalized spacial score (nSPS) is 11.4. The largest absolute Gasteiger partial charge is 0.416 e. The maximum Gasteiger partial charge on any atom is 0.416 e. The van der Waals surface area contributed by atoms with Crippen LogP contribution in [0.4, 0.5) is 24.7 Å². The van der Waals surface area contributed by atoms with Gasteiger partial charge in [-0.15, -0.1) is 0 Å². The second-order valence-electron chi connectivity index (χ2n) is 4.18. The number of aromatic nitrogens is 2. The van der Waals surface area contributed by atoms with E-state index in [1.807, 2.05) is 0 Å². The average Bonchev–Trinajstić information content (AvgIpc) is 2.76. The Morgan fingerprint density at radius 1 is 1.38 bits per heavy atom. The zero-order valence-electron chi connectivity index (χ0n) is 10.5. The van der Waals surface area contributed by atoms with Crippen molar-refractivity contribution in [3.05, 3.63) is 41.0 Å².